The summed E-state index contributed by atoms with van der Waals surface area (Å²) in [4.78, 5) is 2.31. The van der Waals surface area contributed by atoms with E-state index < -0.39 is 0 Å². The first-order valence-electron chi connectivity index (χ1n) is 7.26. The summed E-state index contributed by atoms with van der Waals surface area (Å²) in [5.41, 5.74) is 0.921. The van der Waals surface area contributed by atoms with Crippen LogP contribution in [0.4, 0.5) is 0 Å². The van der Waals surface area contributed by atoms with Gasteiger partial charge in [0.05, 0.1) is 5.02 Å². The Kier molecular flexibility index (Phi) is 5.01. The van der Waals surface area contributed by atoms with E-state index in [0.717, 1.165) is 23.8 Å². The van der Waals surface area contributed by atoms with Crippen molar-refractivity contribution >= 4 is 11.6 Å². The number of hydrogen-bond donors (Lipinski definition) is 0. The van der Waals surface area contributed by atoms with Crippen LogP contribution in [0.5, 0.6) is 0 Å². The summed E-state index contributed by atoms with van der Waals surface area (Å²) in [5.74, 6) is 2.11. The minimum absolute atomic E-state index is 0.311. The molecular formula is C16H23ClN4. The Balaban J connectivity index is 2.27. The summed E-state index contributed by atoms with van der Waals surface area (Å²) in [7, 11) is 4.13. The van der Waals surface area contributed by atoms with Crippen molar-refractivity contribution in [3.8, 4) is 11.4 Å². The lowest BCUT2D eigenvalue weighted by Crippen LogP contribution is -2.30. The van der Waals surface area contributed by atoms with Crippen LogP contribution in [-0.2, 0) is 7.05 Å². The van der Waals surface area contributed by atoms with Crippen LogP contribution >= 0.6 is 11.6 Å². The highest BCUT2D eigenvalue weighted by atomic mass is 35.5. The Morgan fingerprint density at radius 2 is 1.86 bits per heavy atom. The van der Waals surface area contributed by atoms with Crippen LogP contribution in [0.3, 0.4) is 0 Å². The van der Waals surface area contributed by atoms with Crippen LogP contribution in [0.2, 0.25) is 5.02 Å². The van der Waals surface area contributed by atoms with E-state index in [-0.39, 0.29) is 0 Å². The third-order valence-corrected chi connectivity index (χ3v) is 4.24. The Morgan fingerprint density at radius 1 is 1.19 bits per heavy atom. The first-order valence-corrected chi connectivity index (χ1v) is 7.64. The average Bonchev–Trinajstić information content (AvgIpc) is 2.81. The van der Waals surface area contributed by atoms with Crippen LogP contribution in [0, 0.1) is 0 Å². The van der Waals surface area contributed by atoms with Crippen molar-refractivity contribution in [2.45, 2.75) is 32.7 Å². The van der Waals surface area contributed by atoms with Crippen molar-refractivity contribution in [2.75, 3.05) is 13.6 Å². The minimum Gasteiger partial charge on any atom is -0.314 e. The predicted octanol–water partition coefficient (Wildman–Crippen LogP) is 3.58. The topological polar surface area (TPSA) is 34.0 Å². The van der Waals surface area contributed by atoms with Crippen LogP contribution in [-0.4, -0.2) is 39.3 Å². The molecule has 1 aromatic carbocycles. The fourth-order valence-corrected chi connectivity index (χ4v) is 2.59. The van der Waals surface area contributed by atoms with E-state index in [0.29, 0.717) is 17.0 Å². The minimum atomic E-state index is 0.311. The quantitative estimate of drug-likeness (QED) is 0.846. The standard InChI is InChI=1S/C16H23ClN4/c1-11(2)20(4)10-12(3)15-18-19-16(21(15)5)13-8-6-7-9-14(13)17/h6-9,11-12H,10H2,1-5H3. The Hall–Kier alpha value is -1.39. The van der Waals surface area contributed by atoms with Gasteiger partial charge in [0.1, 0.15) is 5.82 Å². The molecule has 0 fully saturated rings. The summed E-state index contributed by atoms with van der Waals surface area (Å²) < 4.78 is 2.04. The zero-order chi connectivity index (χ0) is 15.6. The molecular weight excluding hydrogens is 284 g/mol. The van der Waals surface area contributed by atoms with E-state index in [1.807, 2.05) is 35.9 Å². The monoisotopic (exact) mass is 306 g/mol. The number of hydrogen-bond acceptors (Lipinski definition) is 3. The van der Waals surface area contributed by atoms with Crippen LogP contribution < -0.4 is 0 Å². The van der Waals surface area contributed by atoms with Gasteiger partial charge in [-0.25, -0.2) is 0 Å². The largest absolute Gasteiger partial charge is 0.314 e. The zero-order valence-electron chi connectivity index (χ0n) is 13.3. The van der Waals surface area contributed by atoms with Gasteiger partial charge in [-0.05, 0) is 33.0 Å². The lowest BCUT2D eigenvalue weighted by Gasteiger charge is -2.24. The van der Waals surface area contributed by atoms with E-state index in [1.54, 1.807) is 0 Å². The summed E-state index contributed by atoms with van der Waals surface area (Å²) >= 11 is 6.26. The van der Waals surface area contributed by atoms with Crippen LogP contribution in [0.15, 0.2) is 24.3 Å². The molecule has 1 aromatic heterocycles. The van der Waals surface area contributed by atoms with E-state index in [4.69, 9.17) is 11.6 Å². The molecule has 0 bridgehead atoms. The summed E-state index contributed by atoms with van der Waals surface area (Å²) in [6.45, 7) is 7.52. The molecule has 4 nitrogen and oxygen atoms in total. The van der Waals surface area contributed by atoms with Gasteiger partial charge in [0.2, 0.25) is 0 Å². The highest BCUT2D eigenvalue weighted by molar-refractivity contribution is 6.33. The number of benzene rings is 1. The molecule has 0 aliphatic rings. The molecule has 0 spiro atoms. The van der Waals surface area contributed by atoms with Crippen molar-refractivity contribution < 1.29 is 0 Å². The number of aromatic nitrogens is 3. The van der Waals surface area contributed by atoms with E-state index >= 15 is 0 Å². The number of likely N-dealkylation sites (N-methyl/N-ethyl adjacent to an activating group) is 1. The molecule has 0 aliphatic heterocycles. The van der Waals surface area contributed by atoms with Gasteiger partial charge in [0, 0.05) is 31.1 Å². The fraction of sp³-hybridized carbons (Fsp3) is 0.500. The molecule has 0 amide bonds. The van der Waals surface area contributed by atoms with E-state index in [1.165, 1.54) is 0 Å². The highest BCUT2D eigenvalue weighted by Crippen LogP contribution is 2.27. The van der Waals surface area contributed by atoms with Crippen molar-refractivity contribution in [3.63, 3.8) is 0 Å². The molecule has 1 heterocycles. The number of nitrogens with zero attached hydrogens (tertiary/aromatic N) is 4. The summed E-state index contributed by atoms with van der Waals surface area (Å²) in [5, 5.41) is 9.40. The molecule has 2 aromatic rings. The molecule has 0 saturated carbocycles. The van der Waals surface area contributed by atoms with Crippen LogP contribution in [0.1, 0.15) is 32.5 Å². The number of rotatable bonds is 5. The molecule has 0 N–H and O–H groups in total. The maximum atomic E-state index is 6.26. The van der Waals surface area contributed by atoms with Gasteiger partial charge < -0.3 is 9.47 Å². The van der Waals surface area contributed by atoms with E-state index in [2.05, 4.69) is 42.9 Å². The SMILES string of the molecule is CC(CN(C)C(C)C)c1nnc(-c2ccccc2Cl)n1C. The maximum Gasteiger partial charge on any atom is 0.165 e. The van der Waals surface area contributed by atoms with Gasteiger partial charge in [0.15, 0.2) is 5.82 Å². The second-order valence-electron chi connectivity index (χ2n) is 5.86. The van der Waals surface area contributed by atoms with Crippen molar-refractivity contribution in [3.05, 3.63) is 35.1 Å². The molecule has 0 aliphatic carbocycles. The van der Waals surface area contributed by atoms with Crippen molar-refractivity contribution in [1.82, 2.24) is 19.7 Å². The second-order valence-corrected chi connectivity index (χ2v) is 6.26. The third kappa shape index (κ3) is 3.44. The average molecular weight is 307 g/mol. The van der Waals surface area contributed by atoms with Crippen LogP contribution in [0.25, 0.3) is 11.4 Å². The molecule has 5 heteroatoms. The molecule has 1 unspecified atom stereocenters. The van der Waals surface area contributed by atoms with Gasteiger partial charge in [-0.1, -0.05) is 30.7 Å². The maximum absolute atomic E-state index is 6.26. The van der Waals surface area contributed by atoms with Gasteiger partial charge in [-0.2, -0.15) is 0 Å². The normalized spacial score (nSPS) is 13.1. The summed E-state index contributed by atoms with van der Waals surface area (Å²) in [6.07, 6.45) is 0. The fourth-order valence-electron chi connectivity index (χ4n) is 2.37. The molecule has 1 atom stereocenters. The lowest BCUT2D eigenvalue weighted by atomic mass is 10.1. The molecule has 0 radical (unpaired) electrons. The highest BCUT2D eigenvalue weighted by Gasteiger charge is 2.19. The zero-order valence-corrected chi connectivity index (χ0v) is 14.1. The van der Waals surface area contributed by atoms with E-state index in [9.17, 15) is 0 Å². The molecule has 21 heavy (non-hydrogen) atoms. The first-order chi connectivity index (χ1) is 9.91. The number of halogens is 1. The predicted molar refractivity (Wildman–Crippen MR) is 87.6 cm³/mol. The molecule has 2 rings (SSSR count). The van der Waals surface area contributed by atoms with Crippen molar-refractivity contribution in [2.24, 2.45) is 7.05 Å². The van der Waals surface area contributed by atoms with Gasteiger partial charge >= 0.3 is 0 Å². The summed E-state index contributed by atoms with van der Waals surface area (Å²) in [6, 6.07) is 8.25. The Morgan fingerprint density at radius 3 is 2.48 bits per heavy atom. The lowest BCUT2D eigenvalue weighted by molar-refractivity contribution is 0.257. The van der Waals surface area contributed by atoms with Gasteiger partial charge in [-0.3, -0.25) is 0 Å². The Labute approximate surface area is 131 Å². The third-order valence-electron chi connectivity index (χ3n) is 3.91. The molecule has 114 valence electrons. The first kappa shape index (κ1) is 16.0. The smallest absolute Gasteiger partial charge is 0.165 e. The molecule has 0 saturated heterocycles. The van der Waals surface area contributed by atoms with Gasteiger partial charge in [0.25, 0.3) is 0 Å². The second kappa shape index (κ2) is 6.58. The van der Waals surface area contributed by atoms with Gasteiger partial charge in [-0.15, -0.1) is 10.2 Å². The Bertz CT molecular complexity index is 606. The van der Waals surface area contributed by atoms with Crippen molar-refractivity contribution in [1.29, 1.82) is 0 Å².